The molecule has 2 aromatic heterocycles. The van der Waals surface area contributed by atoms with Crippen molar-refractivity contribution in [3.63, 3.8) is 0 Å². The van der Waals surface area contributed by atoms with E-state index in [-0.39, 0.29) is 17.6 Å². The minimum Gasteiger partial charge on any atom is -0.346 e. The zero-order chi connectivity index (χ0) is 16.2. The smallest absolute Gasteiger partial charge is 0.346 e. The first-order valence-corrected chi connectivity index (χ1v) is 8.25. The van der Waals surface area contributed by atoms with E-state index in [1.807, 2.05) is 0 Å². The average Bonchev–Trinajstić information content (AvgIpc) is 3.20. The number of halogens is 3. The zero-order valence-corrected chi connectivity index (χ0v) is 12.8. The van der Waals surface area contributed by atoms with Crippen molar-refractivity contribution in [3.8, 4) is 0 Å². The first kappa shape index (κ1) is 14.9. The molecule has 4 heterocycles. The quantitative estimate of drug-likeness (QED) is 0.883. The highest BCUT2D eigenvalue weighted by molar-refractivity contribution is 7.19. The molecule has 8 heteroatoms. The van der Waals surface area contributed by atoms with E-state index < -0.39 is 11.1 Å². The molecule has 0 saturated carbocycles. The van der Waals surface area contributed by atoms with Crippen LogP contribution in [0.1, 0.15) is 34.6 Å². The first-order valence-electron chi connectivity index (χ1n) is 7.44. The number of rotatable bonds is 2. The highest BCUT2D eigenvalue weighted by atomic mass is 32.1. The van der Waals surface area contributed by atoms with Gasteiger partial charge in [0.1, 0.15) is 10.6 Å². The van der Waals surface area contributed by atoms with Crippen LogP contribution in [0.15, 0.2) is 18.3 Å². The number of alkyl halides is 3. The lowest BCUT2D eigenvalue weighted by molar-refractivity contribution is -0.134. The summed E-state index contributed by atoms with van der Waals surface area (Å²) in [6.45, 7) is 0. The van der Waals surface area contributed by atoms with Crippen LogP contribution in [0.4, 0.5) is 13.2 Å². The molecule has 2 aromatic rings. The van der Waals surface area contributed by atoms with E-state index in [1.165, 1.54) is 12.3 Å². The fourth-order valence-corrected chi connectivity index (χ4v) is 4.32. The van der Waals surface area contributed by atoms with Crippen LogP contribution in [0.25, 0.3) is 10.1 Å². The molecule has 2 aliphatic heterocycles. The molecule has 0 aromatic carbocycles. The van der Waals surface area contributed by atoms with Crippen LogP contribution in [-0.4, -0.2) is 29.0 Å². The van der Waals surface area contributed by atoms with Crippen molar-refractivity contribution in [1.82, 2.24) is 15.6 Å². The van der Waals surface area contributed by atoms with Crippen molar-refractivity contribution in [3.05, 3.63) is 28.9 Å². The molecule has 2 N–H and O–H groups in total. The van der Waals surface area contributed by atoms with Gasteiger partial charge in [-0.05, 0) is 36.8 Å². The molecule has 2 bridgehead atoms. The van der Waals surface area contributed by atoms with E-state index >= 15 is 0 Å². The lowest BCUT2D eigenvalue weighted by Gasteiger charge is -2.21. The molecule has 0 spiro atoms. The third-order valence-corrected chi connectivity index (χ3v) is 5.66. The van der Waals surface area contributed by atoms with Crippen molar-refractivity contribution >= 4 is 27.3 Å². The molecule has 2 aliphatic rings. The number of carbonyl (C=O) groups is 1. The lowest BCUT2D eigenvalue weighted by atomic mass is 9.95. The third-order valence-electron chi connectivity index (χ3n) is 4.53. The topological polar surface area (TPSA) is 54.0 Å². The summed E-state index contributed by atoms with van der Waals surface area (Å²) >= 11 is 0.638. The molecular weight excluding hydrogens is 327 g/mol. The number of pyridine rings is 1. The molecule has 0 radical (unpaired) electrons. The summed E-state index contributed by atoms with van der Waals surface area (Å²) in [5.74, 6) is -0.328. The molecule has 2 fully saturated rings. The van der Waals surface area contributed by atoms with Crippen LogP contribution in [0, 0.1) is 0 Å². The molecular formula is C15H14F3N3OS. The fraction of sp³-hybridized carbons (Fsp3) is 0.467. The number of amides is 1. The van der Waals surface area contributed by atoms with Crippen molar-refractivity contribution in [2.24, 2.45) is 0 Å². The third kappa shape index (κ3) is 2.70. The second kappa shape index (κ2) is 5.17. The Morgan fingerprint density at radius 2 is 2.17 bits per heavy atom. The van der Waals surface area contributed by atoms with E-state index in [0.717, 1.165) is 25.3 Å². The van der Waals surface area contributed by atoms with Gasteiger partial charge in [-0.3, -0.25) is 4.79 Å². The van der Waals surface area contributed by atoms with Gasteiger partial charge in [-0.1, -0.05) is 0 Å². The van der Waals surface area contributed by atoms with Crippen LogP contribution in [0.2, 0.25) is 0 Å². The van der Waals surface area contributed by atoms with Crippen LogP contribution in [0.3, 0.4) is 0 Å². The maximum atomic E-state index is 12.7. The Balaban J connectivity index is 1.55. The van der Waals surface area contributed by atoms with E-state index in [1.54, 1.807) is 0 Å². The largest absolute Gasteiger partial charge is 0.425 e. The number of nitrogens with one attached hydrogen (secondary N) is 2. The van der Waals surface area contributed by atoms with Crippen LogP contribution in [-0.2, 0) is 6.18 Å². The Morgan fingerprint density at radius 3 is 2.83 bits per heavy atom. The summed E-state index contributed by atoms with van der Waals surface area (Å²) in [5.41, 5.74) is 0.159. The number of aromatic nitrogens is 1. The predicted octanol–water partition coefficient (Wildman–Crippen LogP) is 2.94. The molecule has 23 heavy (non-hydrogen) atoms. The summed E-state index contributed by atoms with van der Waals surface area (Å²) in [5, 5.41) is 6.77. The van der Waals surface area contributed by atoms with Gasteiger partial charge in [-0.15, -0.1) is 11.3 Å². The maximum Gasteiger partial charge on any atom is 0.425 e. The Hall–Kier alpha value is -1.67. The number of hydrogen-bond donors (Lipinski definition) is 2. The van der Waals surface area contributed by atoms with Gasteiger partial charge >= 0.3 is 6.18 Å². The summed E-state index contributed by atoms with van der Waals surface area (Å²) in [6.07, 6.45) is 0.0390. The predicted molar refractivity (Wildman–Crippen MR) is 80.4 cm³/mol. The number of fused-ring (bicyclic) bond motifs is 3. The maximum absolute atomic E-state index is 12.7. The fourth-order valence-electron chi connectivity index (χ4n) is 3.44. The summed E-state index contributed by atoms with van der Waals surface area (Å²) in [6, 6.07) is 3.33. The van der Waals surface area contributed by atoms with Gasteiger partial charge in [0.25, 0.3) is 5.91 Å². The van der Waals surface area contributed by atoms with Crippen LogP contribution < -0.4 is 10.6 Å². The van der Waals surface area contributed by atoms with Gasteiger partial charge < -0.3 is 10.6 Å². The Morgan fingerprint density at radius 1 is 1.35 bits per heavy atom. The van der Waals surface area contributed by atoms with E-state index in [0.29, 0.717) is 33.5 Å². The normalized spacial score (nSPS) is 26.8. The van der Waals surface area contributed by atoms with Crippen LogP contribution >= 0.6 is 11.3 Å². The molecule has 4 rings (SSSR count). The molecule has 1 amide bonds. The van der Waals surface area contributed by atoms with E-state index in [9.17, 15) is 18.0 Å². The van der Waals surface area contributed by atoms with Gasteiger partial charge in [0, 0.05) is 24.3 Å². The second-order valence-electron chi connectivity index (χ2n) is 6.08. The molecule has 122 valence electrons. The minimum atomic E-state index is -4.37. The Kier molecular flexibility index (Phi) is 3.35. The van der Waals surface area contributed by atoms with Crippen molar-refractivity contribution in [2.45, 2.75) is 43.6 Å². The van der Waals surface area contributed by atoms with Gasteiger partial charge in [0.2, 0.25) is 0 Å². The van der Waals surface area contributed by atoms with Gasteiger partial charge in [-0.25, -0.2) is 4.98 Å². The van der Waals surface area contributed by atoms with Crippen LogP contribution in [0.5, 0.6) is 0 Å². The highest BCUT2D eigenvalue weighted by Crippen LogP contribution is 2.38. The summed E-state index contributed by atoms with van der Waals surface area (Å²) < 4.78 is 38.7. The molecule has 4 nitrogen and oxygen atoms in total. The highest BCUT2D eigenvalue weighted by Gasteiger charge is 2.40. The van der Waals surface area contributed by atoms with E-state index in [2.05, 4.69) is 15.6 Å². The zero-order valence-electron chi connectivity index (χ0n) is 12.0. The molecule has 0 aliphatic carbocycles. The number of hydrogen-bond acceptors (Lipinski definition) is 4. The number of carbonyl (C=O) groups excluding carboxylic acids is 1. The lowest BCUT2D eigenvalue weighted by Crippen LogP contribution is -2.43. The summed E-state index contributed by atoms with van der Waals surface area (Å²) in [7, 11) is 0. The van der Waals surface area contributed by atoms with Crippen molar-refractivity contribution in [1.29, 1.82) is 0 Å². The first-order chi connectivity index (χ1) is 10.9. The minimum absolute atomic E-state index is 0.0759. The molecule has 0 unspecified atom stereocenters. The monoisotopic (exact) mass is 341 g/mol. The average molecular weight is 341 g/mol. The van der Waals surface area contributed by atoms with Gasteiger partial charge in [0.15, 0.2) is 0 Å². The number of nitrogens with zero attached hydrogens (tertiary/aromatic N) is 1. The molecule has 2 saturated heterocycles. The van der Waals surface area contributed by atoms with Crippen molar-refractivity contribution < 1.29 is 18.0 Å². The van der Waals surface area contributed by atoms with E-state index in [4.69, 9.17) is 0 Å². The Labute approximate surface area is 134 Å². The Bertz CT molecular complexity index is 773. The standard InChI is InChI=1S/C15H14F3N3OS/c16-15(17,18)13-4-7-3-11(19-6-12(7)23-13)14(22)21-10-5-8-1-2-9(10)20-8/h3-4,6,8-10,20H,1-2,5H2,(H,21,22)/t8-,9+,10-/m1/s1. The van der Waals surface area contributed by atoms with Gasteiger partial charge in [0.05, 0.1) is 4.70 Å². The number of thiophene rings is 1. The van der Waals surface area contributed by atoms with Crippen molar-refractivity contribution in [2.75, 3.05) is 0 Å². The van der Waals surface area contributed by atoms with Gasteiger partial charge in [-0.2, -0.15) is 13.2 Å². The second-order valence-corrected chi connectivity index (χ2v) is 7.16. The molecule has 3 atom stereocenters. The summed E-state index contributed by atoms with van der Waals surface area (Å²) in [4.78, 5) is 15.6. The SMILES string of the molecule is O=C(N[C@@H]1C[C@H]2CC[C@@H]1N2)c1cc2cc(C(F)(F)F)sc2cn1.